The van der Waals surface area contributed by atoms with Gasteiger partial charge in [0.05, 0.1) is 23.8 Å². The van der Waals surface area contributed by atoms with Crippen molar-refractivity contribution in [2.45, 2.75) is 37.3 Å². The quantitative estimate of drug-likeness (QED) is 0.307. The molecular formula is C17H21N3O5. The maximum atomic E-state index is 12.4. The Balaban J connectivity index is 1.65. The van der Waals surface area contributed by atoms with Gasteiger partial charge in [0, 0.05) is 29.7 Å². The summed E-state index contributed by atoms with van der Waals surface area (Å²) in [5.74, 6) is -1.48. The maximum absolute atomic E-state index is 12.4. The Morgan fingerprint density at radius 2 is 1.84 bits per heavy atom. The molecule has 1 aromatic heterocycles. The maximum Gasteiger partial charge on any atom is 0.292 e. The zero-order valence-corrected chi connectivity index (χ0v) is 13.6. The highest BCUT2D eigenvalue weighted by Crippen LogP contribution is 2.18. The van der Waals surface area contributed by atoms with Crippen LogP contribution in [0.3, 0.4) is 0 Å². The molecule has 8 nitrogen and oxygen atoms in total. The summed E-state index contributed by atoms with van der Waals surface area (Å²) < 4.78 is 0. The van der Waals surface area contributed by atoms with Gasteiger partial charge in [-0.1, -0.05) is 18.2 Å². The van der Waals surface area contributed by atoms with Crippen molar-refractivity contribution in [2.24, 2.45) is 0 Å². The van der Waals surface area contributed by atoms with Crippen LogP contribution in [-0.4, -0.2) is 68.9 Å². The molecule has 0 saturated carbocycles. The van der Waals surface area contributed by atoms with E-state index in [4.69, 9.17) is 0 Å². The summed E-state index contributed by atoms with van der Waals surface area (Å²) in [5, 5.41) is 35.5. The third-order valence-corrected chi connectivity index (χ3v) is 4.62. The second-order valence-electron chi connectivity index (χ2n) is 6.32. The molecule has 0 spiro atoms. The van der Waals surface area contributed by atoms with Crippen LogP contribution >= 0.6 is 0 Å². The number of para-hydroxylation sites is 1. The van der Waals surface area contributed by atoms with E-state index in [2.05, 4.69) is 15.6 Å². The fourth-order valence-corrected chi connectivity index (χ4v) is 3.11. The highest BCUT2D eigenvalue weighted by molar-refractivity contribution is 6.44. The van der Waals surface area contributed by atoms with Crippen molar-refractivity contribution in [3.05, 3.63) is 36.0 Å². The molecule has 1 saturated heterocycles. The molecule has 1 amide bonds. The molecule has 8 heteroatoms. The van der Waals surface area contributed by atoms with Crippen LogP contribution in [-0.2, 0) is 4.79 Å². The Morgan fingerprint density at radius 3 is 2.60 bits per heavy atom. The Hall–Kier alpha value is -2.26. The first-order valence-corrected chi connectivity index (χ1v) is 8.09. The molecule has 0 bridgehead atoms. The van der Waals surface area contributed by atoms with Gasteiger partial charge in [0.2, 0.25) is 0 Å². The molecule has 25 heavy (non-hydrogen) atoms. The lowest BCUT2D eigenvalue weighted by Crippen LogP contribution is -2.66. The first kappa shape index (κ1) is 17.6. The first-order valence-electron chi connectivity index (χ1n) is 8.09. The fourth-order valence-electron chi connectivity index (χ4n) is 3.11. The number of hydrogen-bond acceptors (Lipinski definition) is 6. The van der Waals surface area contributed by atoms with Gasteiger partial charge in [-0.15, -0.1) is 0 Å². The molecular weight excluding hydrogens is 326 g/mol. The number of amides is 1. The van der Waals surface area contributed by atoms with E-state index in [9.17, 15) is 24.9 Å². The second-order valence-corrected chi connectivity index (χ2v) is 6.32. The van der Waals surface area contributed by atoms with Crippen LogP contribution < -0.4 is 10.6 Å². The lowest BCUT2D eigenvalue weighted by molar-refractivity contribution is -0.120. The number of H-pyrrole nitrogens is 1. The number of aliphatic hydroxyl groups is 3. The lowest BCUT2D eigenvalue weighted by Gasteiger charge is -2.40. The van der Waals surface area contributed by atoms with Crippen LogP contribution in [0.5, 0.6) is 0 Å². The standard InChI is InChI=1S/C17H21N3O5/c1-8-13(21)16(24)15(23)12(20-8)7-19-17(25)14(22)10-6-18-11-5-3-2-4-9(10)11/h2-6,8,12-13,15-16,18,20-21,23-24H,7H2,1H3,(H,19,25)/t8-,12+,13+,15+,16+/m0/s1. The number of ketones is 1. The van der Waals surface area contributed by atoms with Gasteiger partial charge in [-0.05, 0) is 13.0 Å². The smallest absolute Gasteiger partial charge is 0.292 e. The molecule has 6 N–H and O–H groups in total. The zero-order valence-electron chi connectivity index (χ0n) is 13.6. The number of aliphatic hydroxyl groups excluding tert-OH is 3. The third kappa shape index (κ3) is 3.29. The number of fused-ring (bicyclic) bond motifs is 1. The van der Waals surface area contributed by atoms with Gasteiger partial charge in [-0.2, -0.15) is 0 Å². The van der Waals surface area contributed by atoms with Crippen LogP contribution in [0.25, 0.3) is 10.9 Å². The summed E-state index contributed by atoms with van der Waals surface area (Å²) >= 11 is 0. The highest BCUT2D eigenvalue weighted by Gasteiger charge is 2.40. The second kappa shape index (κ2) is 6.93. The van der Waals surface area contributed by atoms with E-state index in [1.807, 2.05) is 6.07 Å². The number of nitrogens with one attached hydrogen (secondary N) is 3. The van der Waals surface area contributed by atoms with Crippen molar-refractivity contribution in [3.63, 3.8) is 0 Å². The molecule has 5 atom stereocenters. The normalized spacial score (nSPS) is 29.5. The average Bonchev–Trinajstić information content (AvgIpc) is 3.05. The van der Waals surface area contributed by atoms with Gasteiger partial charge < -0.3 is 30.9 Å². The number of aromatic nitrogens is 1. The number of rotatable bonds is 4. The van der Waals surface area contributed by atoms with Crippen molar-refractivity contribution in [1.82, 2.24) is 15.6 Å². The monoisotopic (exact) mass is 347 g/mol. The number of carbonyl (C=O) groups is 2. The molecule has 2 heterocycles. The molecule has 0 radical (unpaired) electrons. The van der Waals surface area contributed by atoms with Crippen LogP contribution in [0.1, 0.15) is 17.3 Å². The minimum Gasteiger partial charge on any atom is -0.389 e. The highest BCUT2D eigenvalue weighted by atomic mass is 16.4. The number of hydrogen-bond donors (Lipinski definition) is 6. The number of piperidine rings is 1. The van der Waals surface area contributed by atoms with Crippen molar-refractivity contribution in [2.75, 3.05) is 6.54 Å². The van der Waals surface area contributed by atoms with Gasteiger partial charge >= 0.3 is 0 Å². The number of Topliss-reactive ketones (excluding diaryl/α,β-unsaturated/α-hetero) is 1. The zero-order chi connectivity index (χ0) is 18.1. The largest absolute Gasteiger partial charge is 0.389 e. The van der Waals surface area contributed by atoms with E-state index in [1.54, 1.807) is 25.1 Å². The Labute approximate surface area is 143 Å². The average molecular weight is 347 g/mol. The molecule has 2 aromatic rings. The lowest BCUT2D eigenvalue weighted by atomic mass is 9.91. The molecule has 0 aliphatic carbocycles. The molecule has 1 aliphatic rings. The van der Waals surface area contributed by atoms with Crippen LogP contribution in [0.2, 0.25) is 0 Å². The van der Waals surface area contributed by atoms with Crippen molar-refractivity contribution in [3.8, 4) is 0 Å². The predicted molar refractivity (Wildman–Crippen MR) is 90.0 cm³/mol. The first-order chi connectivity index (χ1) is 11.9. The van der Waals surface area contributed by atoms with E-state index >= 15 is 0 Å². The third-order valence-electron chi connectivity index (χ3n) is 4.62. The molecule has 1 aromatic carbocycles. The molecule has 1 aliphatic heterocycles. The van der Waals surface area contributed by atoms with E-state index in [-0.39, 0.29) is 12.1 Å². The fraction of sp³-hybridized carbons (Fsp3) is 0.412. The molecule has 134 valence electrons. The van der Waals surface area contributed by atoms with Gasteiger partial charge in [-0.25, -0.2) is 0 Å². The Morgan fingerprint density at radius 1 is 1.12 bits per heavy atom. The van der Waals surface area contributed by atoms with E-state index < -0.39 is 42.1 Å². The van der Waals surface area contributed by atoms with Gasteiger partial charge in [-0.3, -0.25) is 9.59 Å². The Kier molecular flexibility index (Phi) is 4.87. The topological polar surface area (TPSA) is 135 Å². The minimum atomic E-state index is -1.32. The molecule has 0 unspecified atom stereocenters. The van der Waals surface area contributed by atoms with Crippen molar-refractivity contribution >= 4 is 22.6 Å². The summed E-state index contributed by atoms with van der Waals surface area (Å²) in [6.07, 6.45) is -2.19. The minimum absolute atomic E-state index is 0.0534. The number of aromatic amines is 1. The van der Waals surface area contributed by atoms with E-state index in [0.29, 0.717) is 5.39 Å². The van der Waals surface area contributed by atoms with Crippen molar-refractivity contribution < 1.29 is 24.9 Å². The SMILES string of the molecule is C[C@@H]1N[C@H](CNC(=O)C(=O)c2c[nH]c3ccccc23)[C@@H](O)[C@H](O)[C@@H]1O. The van der Waals surface area contributed by atoms with Gasteiger partial charge in [0.1, 0.15) is 6.10 Å². The summed E-state index contributed by atoms with van der Waals surface area (Å²) in [6, 6.07) is 6.03. The molecule has 1 fully saturated rings. The van der Waals surface area contributed by atoms with Crippen LogP contribution in [0, 0.1) is 0 Å². The number of carbonyl (C=O) groups excluding carboxylic acids is 2. The Bertz CT molecular complexity index is 789. The van der Waals surface area contributed by atoms with Crippen molar-refractivity contribution in [1.29, 1.82) is 0 Å². The van der Waals surface area contributed by atoms with Crippen LogP contribution in [0.15, 0.2) is 30.5 Å². The van der Waals surface area contributed by atoms with E-state index in [1.165, 1.54) is 6.20 Å². The van der Waals surface area contributed by atoms with Gasteiger partial charge in [0.25, 0.3) is 11.7 Å². The predicted octanol–water partition coefficient (Wildman–Crippen LogP) is -1.09. The van der Waals surface area contributed by atoms with Gasteiger partial charge in [0.15, 0.2) is 0 Å². The summed E-state index contributed by atoms with van der Waals surface area (Å²) in [6.45, 7) is 1.61. The van der Waals surface area contributed by atoms with Crippen LogP contribution in [0.4, 0.5) is 0 Å². The summed E-state index contributed by atoms with van der Waals surface area (Å²) in [4.78, 5) is 27.5. The number of benzene rings is 1. The van der Waals surface area contributed by atoms with E-state index in [0.717, 1.165) is 5.52 Å². The summed E-state index contributed by atoms with van der Waals surface area (Å²) in [5.41, 5.74) is 1.03. The molecule has 3 rings (SSSR count). The summed E-state index contributed by atoms with van der Waals surface area (Å²) in [7, 11) is 0.